The van der Waals surface area contributed by atoms with Crippen molar-refractivity contribution in [1.29, 1.82) is 0 Å². The number of carbonyl (C=O) groups is 1. The summed E-state index contributed by atoms with van der Waals surface area (Å²) in [5.41, 5.74) is 2.29. The molecule has 182 valence electrons. The van der Waals surface area contributed by atoms with Gasteiger partial charge >= 0.3 is 0 Å². The fourth-order valence-electron chi connectivity index (χ4n) is 3.82. The Balaban J connectivity index is 1.51. The number of aliphatic hydroxyl groups is 1. The van der Waals surface area contributed by atoms with Crippen molar-refractivity contribution in [2.24, 2.45) is 0 Å². The SMILES string of the molecule is CCOc1cc(OCc2ccccc2)ccc1C(=O)COc1c(CO)ccc2c1C=CC(C)(C)O2. The van der Waals surface area contributed by atoms with Crippen LogP contribution in [0.2, 0.25) is 0 Å². The molecule has 1 N–H and O–H groups in total. The van der Waals surface area contributed by atoms with Gasteiger partial charge in [0.05, 0.1) is 24.3 Å². The van der Waals surface area contributed by atoms with Crippen LogP contribution in [-0.2, 0) is 13.2 Å². The van der Waals surface area contributed by atoms with Crippen LogP contribution in [0.3, 0.4) is 0 Å². The van der Waals surface area contributed by atoms with Crippen molar-refractivity contribution in [2.75, 3.05) is 13.2 Å². The molecule has 0 saturated heterocycles. The molecule has 35 heavy (non-hydrogen) atoms. The molecule has 6 heteroatoms. The molecule has 3 aromatic rings. The highest BCUT2D eigenvalue weighted by atomic mass is 16.5. The van der Waals surface area contributed by atoms with E-state index in [-0.39, 0.29) is 19.0 Å². The maximum atomic E-state index is 13.1. The molecule has 0 amide bonds. The number of fused-ring (bicyclic) bond motifs is 1. The lowest BCUT2D eigenvalue weighted by Gasteiger charge is -2.29. The monoisotopic (exact) mass is 474 g/mol. The van der Waals surface area contributed by atoms with Gasteiger partial charge in [-0.05, 0) is 62.8 Å². The van der Waals surface area contributed by atoms with E-state index in [9.17, 15) is 9.90 Å². The maximum Gasteiger partial charge on any atom is 0.203 e. The molecule has 1 heterocycles. The van der Waals surface area contributed by atoms with Gasteiger partial charge in [-0.1, -0.05) is 30.3 Å². The van der Waals surface area contributed by atoms with E-state index in [2.05, 4.69) is 0 Å². The fraction of sp³-hybridized carbons (Fsp3) is 0.276. The lowest BCUT2D eigenvalue weighted by molar-refractivity contribution is 0.0913. The molecule has 0 radical (unpaired) electrons. The van der Waals surface area contributed by atoms with Crippen LogP contribution in [-0.4, -0.2) is 29.7 Å². The van der Waals surface area contributed by atoms with Crippen LogP contribution < -0.4 is 18.9 Å². The minimum Gasteiger partial charge on any atom is -0.493 e. The summed E-state index contributed by atoms with van der Waals surface area (Å²) in [6.07, 6.45) is 3.83. The number of ether oxygens (including phenoxy) is 4. The van der Waals surface area contributed by atoms with Crippen molar-refractivity contribution in [2.45, 2.75) is 39.6 Å². The average molecular weight is 475 g/mol. The van der Waals surface area contributed by atoms with Gasteiger partial charge in [0, 0.05) is 11.6 Å². The second-order valence-electron chi connectivity index (χ2n) is 8.74. The summed E-state index contributed by atoms with van der Waals surface area (Å²) in [5, 5.41) is 9.82. The number of aliphatic hydroxyl groups excluding tert-OH is 1. The number of Topliss-reactive ketones (excluding diaryl/α,β-unsaturated/α-hetero) is 1. The first-order chi connectivity index (χ1) is 16.9. The second kappa shape index (κ2) is 10.7. The standard InChI is InChI=1S/C29H30O6/c1-4-32-27-16-22(33-18-20-8-6-5-7-9-20)11-12-23(27)25(31)19-34-28-21(17-30)10-13-26-24(28)14-15-29(2,3)35-26/h5-16,30H,4,17-19H2,1-3H3. The van der Waals surface area contributed by atoms with Crippen molar-refractivity contribution in [1.82, 2.24) is 0 Å². The van der Waals surface area contributed by atoms with Gasteiger partial charge in [-0.25, -0.2) is 0 Å². The largest absolute Gasteiger partial charge is 0.493 e. The summed E-state index contributed by atoms with van der Waals surface area (Å²) in [7, 11) is 0. The molecular weight excluding hydrogens is 444 g/mol. The van der Waals surface area contributed by atoms with Crippen LogP contribution in [0, 0.1) is 0 Å². The van der Waals surface area contributed by atoms with Crippen LogP contribution in [0.5, 0.6) is 23.0 Å². The minimum atomic E-state index is -0.447. The first kappa shape index (κ1) is 24.4. The average Bonchev–Trinajstić information content (AvgIpc) is 2.86. The highest BCUT2D eigenvalue weighted by Crippen LogP contribution is 2.39. The Hall–Kier alpha value is -3.77. The van der Waals surface area contributed by atoms with Gasteiger partial charge in [0.25, 0.3) is 0 Å². The molecule has 1 aliphatic rings. The van der Waals surface area contributed by atoms with E-state index < -0.39 is 5.60 Å². The number of ketones is 1. The molecule has 1 aliphatic heterocycles. The molecule has 0 fully saturated rings. The van der Waals surface area contributed by atoms with Crippen molar-refractivity contribution in [3.63, 3.8) is 0 Å². The smallest absolute Gasteiger partial charge is 0.203 e. The maximum absolute atomic E-state index is 13.1. The van der Waals surface area contributed by atoms with Crippen molar-refractivity contribution >= 4 is 11.9 Å². The van der Waals surface area contributed by atoms with Gasteiger partial charge in [-0.2, -0.15) is 0 Å². The summed E-state index contributed by atoms with van der Waals surface area (Å²) in [6.45, 7) is 6.16. The quantitative estimate of drug-likeness (QED) is 0.386. The van der Waals surface area contributed by atoms with Crippen LogP contribution in [0.4, 0.5) is 0 Å². The minimum absolute atomic E-state index is 0.217. The summed E-state index contributed by atoms with van der Waals surface area (Å²) >= 11 is 0. The van der Waals surface area contributed by atoms with Crippen molar-refractivity contribution in [3.05, 3.63) is 89.0 Å². The van der Waals surface area contributed by atoms with Gasteiger partial charge in [0.2, 0.25) is 5.78 Å². The van der Waals surface area contributed by atoms with E-state index in [4.69, 9.17) is 18.9 Å². The Morgan fingerprint density at radius 3 is 2.54 bits per heavy atom. The van der Waals surface area contributed by atoms with Crippen LogP contribution in [0.15, 0.2) is 66.7 Å². The zero-order valence-electron chi connectivity index (χ0n) is 20.2. The second-order valence-corrected chi connectivity index (χ2v) is 8.74. The number of hydrogen-bond donors (Lipinski definition) is 1. The van der Waals surface area contributed by atoms with E-state index in [1.165, 1.54) is 0 Å². The van der Waals surface area contributed by atoms with Crippen LogP contribution >= 0.6 is 0 Å². The number of rotatable bonds is 10. The Morgan fingerprint density at radius 2 is 1.80 bits per heavy atom. The van der Waals surface area contributed by atoms with E-state index in [0.29, 0.717) is 52.9 Å². The molecular formula is C29H30O6. The van der Waals surface area contributed by atoms with E-state index >= 15 is 0 Å². The molecule has 0 bridgehead atoms. The van der Waals surface area contributed by atoms with Crippen molar-refractivity contribution in [3.8, 4) is 23.0 Å². The summed E-state index contributed by atoms with van der Waals surface area (Å²) < 4.78 is 23.6. The lowest BCUT2D eigenvalue weighted by Crippen LogP contribution is -2.27. The highest BCUT2D eigenvalue weighted by Gasteiger charge is 2.26. The first-order valence-corrected chi connectivity index (χ1v) is 11.6. The number of hydrogen-bond acceptors (Lipinski definition) is 6. The third-order valence-corrected chi connectivity index (χ3v) is 5.58. The third kappa shape index (κ3) is 5.84. The zero-order valence-corrected chi connectivity index (χ0v) is 20.2. The predicted molar refractivity (Wildman–Crippen MR) is 134 cm³/mol. The summed E-state index contributed by atoms with van der Waals surface area (Å²) in [4.78, 5) is 13.1. The topological polar surface area (TPSA) is 74.2 Å². The van der Waals surface area contributed by atoms with Gasteiger partial charge in [0.1, 0.15) is 35.2 Å². The van der Waals surface area contributed by atoms with E-state index in [0.717, 1.165) is 5.56 Å². The molecule has 0 saturated carbocycles. The third-order valence-electron chi connectivity index (χ3n) is 5.58. The van der Waals surface area contributed by atoms with E-state index in [1.807, 2.05) is 69.3 Å². The van der Waals surface area contributed by atoms with Crippen molar-refractivity contribution < 1.29 is 28.8 Å². The number of carbonyl (C=O) groups excluding carboxylic acids is 1. The van der Waals surface area contributed by atoms with Gasteiger partial charge < -0.3 is 24.1 Å². The van der Waals surface area contributed by atoms with Gasteiger partial charge in [-0.15, -0.1) is 0 Å². The van der Waals surface area contributed by atoms with Crippen LogP contribution in [0.25, 0.3) is 6.08 Å². The van der Waals surface area contributed by atoms with E-state index in [1.54, 1.807) is 24.3 Å². The summed E-state index contributed by atoms with van der Waals surface area (Å²) in [6, 6.07) is 18.6. The molecule has 0 aliphatic carbocycles. The molecule has 0 aromatic heterocycles. The molecule has 0 atom stereocenters. The molecule has 4 rings (SSSR count). The van der Waals surface area contributed by atoms with Crippen LogP contribution in [0.1, 0.15) is 47.8 Å². The highest BCUT2D eigenvalue weighted by molar-refractivity contribution is 6.00. The normalized spacial score (nSPS) is 13.5. The summed E-state index contributed by atoms with van der Waals surface area (Å²) in [5.74, 6) is 1.89. The van der Waals surface area contributed by atoms with Gasteiger partial charge in [0.15, 0.2) is 6.61 Å². The number of benzene rings is 3. The Morgan fingerprint density at radius 1 is 1.00 bits per heavy atom. The fourth-order valence-corrected chi connectivity index (χ4v) is 3.82. The predicted octanol–water partition coefficient (Wildman–Crippen LogP) is 5.60. The zero-order chi connectivity index (χ0) is 24.8. The Kier molecular flexibility index (Phi) is 7.42. The Labute approximate surface area is 205 Å². The molecule has 6 nitrogen and oxygen atoms in total. The molecule has 0 spiro atoms. The van der Waals surface area contributed by atoms with Gasteiger partial charge in [-0.3, -0.25) is 4.79 Å². The lowest BCUT2D eigenvalue weighted by atomic mass is 9.99. The first-order valence-electron chi connectivity index (χ1n) is 11.6. The molecule has 0 unspecified atom stereocenters. The Bertz CT molecular complexity index is 1210. The molecule has 3 aromatic carbocycles.